The van der Waals surface area contributed by atoms with Crippen LogP contribution in [0, 0.1) is 27.7 Å². The van der Waals surface area contributed by atoms with Gasteiger partial charge in [0.15, 0.2) is 11.5 Å². The van der Waals surface area contributed by atoms with Gasteiger partial charge >= 0.3 is 0 Å². The van der Waals surface area contributed by atoms with Gasteiger partial charge in [0.05, 0.1) is 17.1 Å². The van der Waals surface area contributed by atoms with Crippen molar-refractivity contribution in [3.05, 3.63) is 101 Å². The first-order chi connectivity index (χ1) is 17.1. The highest BCUT2D eigenvalue weighted by Gasteiger charge is 2.30. The fourth-order valence-electron chi connectivity index (χ4n) is 5.64. The normalized spacial score (nSPS) is 13.0. The summed E-state index contributed by atoms with van der Waals surface area (Å²) in [6.45, 7) is 15.7. The van der Waals surface area contributed by atoms with E-state index < -0.39 is 0 Å². The molecule has 36 heavy (non-hydrogen) atoms. The molecule has 0 amide bonds. The third-order valence-electron chi connectivity index (χ3n) is 7.64. The summed E-state index contributed by atoms with van der Waals surface area (Å²) in [6.07, 6.45) is 0. The van der Waals surface area contributed by atoms with Crippen LogP contribution in [0.2, 0.25) is 0 Å². The number of fused-ring (bicyclic) bond motifs is 4. The van der Waals surface area contributed by atoms with E-state index in [1.54, 1.807) is 0 Å². The molecule has 0 bridgehead atoms. The van der Waals surface area contributed by atoms with E-state index in [4.69, 9.17) is 4.74 Å². The minimum atomic E-state index is 0.0936. The zero-order valence-corrected chi connectivity index (χ0v) is 22.3. The molecule has 0 aliphatic carbocycles. The smallest absolute Gasteiger partial charge is 0.152 e. The van der Waals surface area contributed by atoms with Crippen LogP contribution in [0.1, 0.15) is 48.6 Å². The van der Waals surface area contributed by atoms with Gasteiger partial charge in [-0.05, 0) is 107 Å². The van der Waals surface area contributed by atoms with Crippen molar-refractivity contribution in [1.82, 2.24) is 0 Å². The Morgan fingerprint density at radius 1 is 0.583 bits per heavy atom. The summed E-state index contributed by atoms with van der Waals surface area (Å²) in [5.74, 6) is 1.80. The van der Waals surface area contributed by atoms with Gasteiger partial charge < -0.3 is 9.64 Å². The van der Waals surface area contributed by atoms with Gasteiger partial charge in [-0.3, -0.25) is 0 Å². The summed E-state index contributed by atoms with van der Waals surface area (Å²) in [4.78, 5) is 2.43. The summed E-state index contributed by atoms with van der Waals surface area (Å²) in [5, 5.41) is 4.91. The number of rotatable bonds is 1. The zero-order valence-electron chi connectivity index (χ0n) is 22.3. The molecular formula is C34H33NO. The average molecular weight is 472 g/mol. The van der Waals surface area contributed by atoms with Gasteiger partial charge in [-0.15, -0.1) is 0 Å². The van der Waals surface area contributed by atoms with E-state index in [0.717, 1.165) is 22.9 Å². The summed E-state index contributed by atoms with van der Waals surface area (Å²) >= 11 is 0. The molecule has 0 saturated heterocycles. The van der Waals surface area contributed by atoms with Crippen molar-refractivity contribution in [2.75, 3.05) is 4.90 Å². The Kier molecular flexibility index (Phi) is 4.95. The summed E-state index contributed by atoms with van der Waals surface area (Å²) in [5.41, 5.74) is 9.91. The van der Waals surface area contributed by atoms with E-state index >= 15 is 0 Å². The molecule has 6 rings (SSSR count). The van der Waals surface area contributed by atoms with Crippen LogP contribution >= 0.6 is 0 Å². The Bertz CT molecular complexity index is 1570. The standard InChI is InChI=1S/C34H33NO/c1-20-10-8-12-24-16-29-31(18-27(20)24)36-32-19-28-21(2)11-9-13-25(28)17-30(32)35(29)33-22(3)14-26(15-23(33)4)34(5,6)7/h8-19H,1-7H3. The first-order valence-corrected chi connectivity index (χ1v) is 12.8. The number of hydrogen-bond donors (Lipinski definition) is 0. The molecular weight excluding hydrogens is 438 g/mol. The number of hydrogen-bond acceptors (Lipinski definition) is 2. The van der Waals surface area contributed by atoms with Crippen LogP contribution in [0.5, 0.6) is 11.5 Å². The third kappa shape index (κ3) is 3.47. The van der Waals surface area contributed by atoms with Crippen LogP contribution < -0.4 is 9.64 Å². The number of nitrogens with zero attached hydrogens (tertiary/aromatic N) is 1. The molecule has 2 nitrogen and oxygen atoms in total. The lowest BCUT2D eigenvalue weighted by Crippen LogP contribution is -2.19. The molecule has 0 spiro atoms. The van der Waals surface area contributed by atoms with Crippen LogP contribution in [0.4, 0.5) is 17.1 Å². The van der Waals surface area contributed by atoms with E-state index in [2.05, 4.69) is 126 Å². The van der Waals surface area contributed by atoms with Crippen molar-refractivity contribution in [3.8, 4) is 11.5 Å². The molecule has 5 aromatic carbocycles. The summed E-state index contributed by atoms with van der Waals surface area (Å²) < 4.78 is 6.67. The fourth-order valence-corrected chi connectivity index (χ4v) is 5.64. The third-order valence-corrected chi connectivity index (χ3v) is 7.64. The largest absolute Gasteiger partial charge is 0.453 e. The molecule has 2 heteroatoms. The van der Waals surface area contributed by atoms with Gasteiger partial charge in [0.25, 0.3) is 0 Å². The molecule has 0 radical (unpaired) electrons. The highest BCUT2D eigenvalue weighted by molar-refractivity contribution is 6.00. The summed E-state index contributed by atoms with van der Waals surface area (Å²) in [6, 6.07) is 26.7. The second kappa shape index (κ2) is 7.86. The first kappa shape index (κ1) is 22.7. The van der Waals surface area contributed by atoms with Gasteiger partial charge in [-0.1, -0.05) is 69.3 Å². The molecule has 0 atom stereocenters. The number of benzene rings is 5. The quantitative estimate of drug-likeness (QED) is 0.236. The maximum atomic E-state index is 6.67. The van der Waals surface area contributed by atoms with Crippen LogP contribution in [0.25, 0.3) is 21.5 Å². The van der Waals surface area contributed by atoms with E-state index in [1.807, 2.05) is 0 Å². The Morgan fingerprint density at radius 2 is 1.06 bits per heavy atom. The van der Waals surface area contributed by atoms with Crippen molar-refractivity contribution >= 4 is 38.6 Å². The van der Waals surface area contributed by atoms with Gasteiger partial charge in [0, 0.05) is 0 Å². The first-order valence-electron chi connectivity index (χ1n) is 12.8. The Morgan fingerprint density at radius 3 is 1.50 bits per heavy atom. The molecule has 180 valence electrons. The predicted octanol–water partition coefficient (Wildman–Crippen LogP) is 10.1. The highest BCUT2D eigenvalue weighted by atomic mass is 16.5. The van der Waals surface area contributed by atoms with E-state index in [9.17, 15) is 0 Å². The van der Waals surface area contributed by atoms with Gasteiger partial charge in [-0.2, -0.15) is 0 Å². The predicted molar refractivity (Wildman–Crippen MR) is 154 cm³/mol. The summed E-state index contributed by atoms with van der Waals surface area (Å²) in [7, 11) is 0. The van der Waals surface area contributed by atoms with E-state index in [1.165, 1.54) is 55.0 Å². The lowest BCUT2D eigenvalue weighted by Gasteiger charge is -2.36. The minimum absolute atomic E-state index is 0.0936. The van der Waals surface area contributed by atoms with Gasteiger partial charge in [-0.25, -0.2) is 0 Å². The molecule has 0 aromatic heterocycles. The fraction of sp³-hybridized carbons (Fsp3) is 0.235. The van der Waals surface area contributed by atoms with Crippen molar-refractivity contribution < 1.29 is 4.74 Å². The Labute approximate surface area is 214 Å². The molecule has 0 saturated carbocycles. The molecule has 0 fully saturated rings. The lowest BCUT2D eigenvalue weighted by molar-refractivity contribution is 0.478. The zero-order chi connectivity index (χ0) is 25.4. The number of anilines is 3. The average Bonchev–Trinajstić information content (AvgIpc) is 2.81. The molecule has 1 aliphatic heterocycles. The van der Waals surface area contributed by atoms with Crippen LogP contribution in [0.3, 0.4) is 0 Å². The SMILES string of the molecule is Cc1cc(C(C)(C)C)cc(C)c1N1c2cc3cccc(C)c3cc2Oc2cc3c(C)cccc3cc21. The molecule has 1 heterocycles. The van der Waals surface area contributed by atoms with Crippen molar-refractivity contribution in [2.45, 2.75) is 53.9 Å². The monoisotopic (exact) mass is 471 g/mol. The number of ether oxygens (including phenoxy) is 1. The van der Waals surface area contributed by atoms with Crippen molar-refractivity contribution in [1.29, 1.82) is 0 Å². The maximum Gasteiger partial charge on any atom is 0.152 e. The molecule has 0 N–H and O–H groups in total. The van der Waals surface area contributed by atoms with Crippen LogP contribution in [0.15, 0.2) is 72.8 Å². The number of aryl methyl sites for hydroxylation is 4. The van der Waals surface area contributed by atoms with Crippen LogP contribution in [-0.2, 0) is 5.41 Å². The van der Waals surface area contributed by atoms with Crippen molar-refractivity contribution in [3.63, 3.8) is 0 Å². The highest BCUT2D eigenvalue weighted by Crippen LogP contribution is 2.54. The second-order valence-electron chi connectivity index (χ2n) is 11.4. The van der Waals surface area contributed by atoms with E-state index in [-0.39, 0.29) is 5.41 Å². The van der Waals surface area contributed by atoms with Gasteiger partial charge in [0.2, 0.25) is 0 Å². The maximum absolute atomic E-state index is 6.67. The van der Waals surface area contributed by atoms with Crippen LogP contribution in [-0.4, -0.2) is 0 Å². The van der Waals surface area contributed by atoms with Crippen molar-refractivity contribution in [2.24, 2.45) is 0 Å². The Balaban J connectivity index is 1.69. The van der Waals surface area contributed by atoms with E-state index in [0.29, 0.717) is 0 Å². The molecule has 0 unspecified atom stereocenters. The molecule has 5 aromatic rings. The molecule has 1 aliphatic rings. The topological polar surface area (TPSA) is 12.5 Å². The van der Waals surface area contributed by atoms with Gasteiger partial charge in [0.1, 0.15) is 0 Å². The minimum Gasteiger partial charge on any atom is -0.453 e. The lowest BCUT2D eigenvalue weighted by atomic mass is 9.84. The second-order valence-corrected chi connectivity index (χ2v) is 11.4. The Hall–Kier alpha value is -3.78.